The molecule has 3 fully saturated rings. The molecule has 0 aromatic heterocycles. The van der Waals surface area contributed by atoms with Crippen molar-refractivity contribution < 1.29 is 19.1 Å². The lowest BCUT2D eigenvalue weighted by Gasteiger charge is -2.38. The number of aliphatic imine (C=N–C) groups is 1. The Hall–Kier alpha value is -3.98. The number of rotatable bonds is 7. The maximum atomic E-state index is 13.2. The molecule has 0 unspecified atom stereocenters. The molecule has 42 heavy (non-hydrogen) atoms. The zero-order chi connectivity index (χ0) is 28.9. The molecular weight excluding hydrogens is 530 g/mol. The van der Waals surface area contributed by atoms with Gasteiger partial charge in [0.25, 0.3) is 5.91 Å². The molecule has 0 bridgehead atoms. The summed E-state index contributed by atoms with van der Waals surface area (Å²) in [6, 6.07) is 14.0. The molecule has 2 saturated heterocycles. The molecule has 9 nitrogen and oxygen atoms in total. The van der Waals surface area contributed by atoms with Gasteiger partial charge in [-0.1, -0.05) is 36.4 Å². The first-order valence-corrected chi connectivity index (χ1v) is 15.0. The number of carbonyl (C=O) groups is 3. The highest BCUT2D eigenvalue weighted by molar-refractivity contribution is 6.05. The minimum absolute atomic E-state index is 0.0827. The highest BCUT2D eigenvalue weighted by Crippen LogP contribution is 2.50. The first-order chi connectivity index (χ1) is 20.4. The van der Waals surface area contributed by atoms with Crippen molar-refractivity contribution in [1.29, 1.82) is 0 Å². The maximum Gasteiger partial charge on any atom is 0.255 e. The lowest BCUT2D eigenvalue weighted by atomic mass is 9.74. The number of piperidine rings is 2. The standard InChI is InChI=1S/C33H37N5O4/c34-16-22(17-35-20-32(10-11-32)23-4-2-1-3-5-23)18-37-14-12-33(13-15-37)21-42-29-25-19-38(27-8-9-28(39)36-30(27)40)31(41)24(25)6-7-26(29)33/h1-7,16-17,27H,8-15,18-21,34H2,(H,36,39,40)/t27-/m0/s1. The third-order valence-electron chi connectivity index (χ3n) is 10.1. The van der Waals surface area contributed by atoms with Gasteiger partial charge in [0.2, 0.25) is 11.8 Å². The lowest BCUT2D eigenvalue weighted by molar-refractivity contribution is -0.136. The molecule has 0 radical (unpaired) electrons. The van der Waals surface area contributed by atoms with Crippen LogP contribution < -0.4 is 15.8 Å². The summed E-state index contributed by atoms with van der Waals surface area (Å²) in [7, 11) is 0. The maximum absolute atomic E-state index is 13.2. The van der Waals surface area contributed by atoms with E-state index in [0.717, 1.165) is 55.9 Å². The molecule has 1 atom stereocenters. The van der Waals surface area contributed by atoms with Crippen LogP contribution in [0.15, 0.2) is 59.2 Å². The molecule has 3 amide bonds. The van der Waals surface area contributed by atoms with Crippen LogP contribution in [0.3, 0.4) is 0 Å². The van der Waals surface area contributed by atoms with E-state index in [4.69, 9.17) is 15.5 Å². The van der Waals surface area contributed by atoms with Crippen LogP contribution in [-0.4, -0.2) is 72.6 Å². The van der Waals surface area contributed by atoms with E-state index in [1.807, 2.05) is 12.3 Å². The van der Waals surface area contributed by atoms with Gasteiger partial charge in [0.15, 0.2) is 0 Å². The number of nitrogens with one attached hydrogen (secondary N) is 1. The number of amides is 3. The molecule has 9 heteroatoms. The SMILES string of the molecule is NC=C(C=NCC1(c2ccccc2)CC1)CN1CCC2(CC1)COc1c2ccc2c1CN([C@H]1CCC(=O)NC1=O)C2=O. The van der Waals surface area contributed by atoms with Crippen LogP contribution in [0.2, 0.25) is 0 Å². The summed E-state index contributed by atoms with van der Waals surface area (Å²) in [5.41, 5.74) is 11.2. The Bertz CT molecular complexity index is 1490. The van der Waals surface area contributed by atoms with Crippen molar-refractivity contribution >= 4 is 23.9 Å². The zero-order valence-corrected chi connectivity index (χ0v) is 23.8. The number of benzene rings is 2. The fraction of sp³-hybridized carbons (Fsp3) is 0.455. The molecule has 1 aliphatic carbocycles. The van der Waals surface area contributed by atoms with Crippen LogP contribution >= 0.6 is 0 Å². The number of imide groups is 1. The number of fused-ring (bicyclic) bond motifs is 4. The van der Waals surface area contributed by atoms with Gasteiger partial charge in [-0.25, -0.2) is 0 Å². The number of nitrogens with zero attached hydrogens (tertiary/aromatic N) is 3. The average molecular weight is 568 g/mol. The predicted octanol–water partition coefficient (Wildman–Crippen LogP) is 2.82. The Kier molecular flexibility index (Phi) is 6.65. The number of likely N-dealkylation sites (tertiary alicyclic amines) is 1. The fourth-order valence-corrected chi connectivity index (χ4v) is 7.25. The van der Waals surface area contributed by atoms with Crippen molar-refractivity contribution in [2.45, 2.75) is 61.9 Å². The molecule has 2 aromatic carbocycles. The predicted molar refractivity (Wildman–Crippen MR) is 158 cm³/mol. The van der Waals surface area contributed by atoms with Gasteiger partial charge in [0.1, 0.15) is 11.8 Å². The Morgan fingerprint density at radius 1 is 1.07 bits per heavy atom. The van der Waals surface area contributed by atoms with Crippen LogP contribution in [0.25, 0.3) is 0 Å². The van der Waals surface area contributed by atoms with Gasteiger partial charge in [-0.2, -0.15) is 0 Å². The lowest BCUT2D eigenvalue weighted by Crippen LogP contribution is -2.52. The summed E-state index contributed by atoms with van der Waals surface area (Å²) in [6.45, 7) is 4.32. The normalized spacial score (nSPS) is 24.6. The molecule has 2 aromatic rings. The molecule has 5 aliphatic rings. The van der Waals surface area contributed by atoms with E-state index in [-0.39, 0.29) is 29.1 Å². The van der Waals surface area contributed by atoms with Crippen LogP contribution in [0.5, 0.6) is 5.75 Å². The van der Waals surface area contributed by atoms with E-state index in [1.54, 1.807) is 11.1 Å². The van der Waals surface area contributed by atoms with Crippen molar-refractivity contribution in [3.63, 3.8) is 0 Å². The van der Waals surface area contributed by atoms with Crippen molar-refractivity contribution in [2.24, 2.45) is 10.7 Å². The number of nitrogens with two attached hydrogens (primary N) is 1. The summed E-state index contributed by atoms with van der Waals surface area (Å²) in [5, 5.41) is 2.37. The Balaban J connectivity index is 0.986. The Morgan fingerprint density at radius 2 is 1.86 bits per heavy atom. The second-order valence-corrected chi connectivity index (χ2v) is 12.6. The average Bonchev–Trinajstić information content (AvgIpc) is 3.61. The molecule has 4 heterocycles. The minimum Gasteiger partial charge on any atom is -0.492 e. The van der Waals surface area contributed by atoms with Gasteiger partial charge in [-0.15, -0.1) is 0 Å². The number of carbonyl (C=O) groups excluding carboxylic acids is 3. The number of ether oxygens (including phenoxy) is 1. The van der Waals surface area contributed by atoms with E-state index < -0.39 is 11.9 Å². The van der Waals surface area contributed by atoms with Gasteiger partial charge in [0, 0.05) is 53.2 Å². The monoisotopic (exact) mass is 567 g/mol. The summed E-state index contributed by atoms with van der Waals surface area (Å²) >= 11 is 0. The number of hydrogen-bond acceptors (Lipinski definition) is 7. The zero-order valence-electron chi connectivity index (χ0n) is 23.8. The van der Waals surface area contributed by atoms with Crippen molar-refractivity contribution in [3.05, 3.63) is 76.5 Å². The van der Waals surface area contributed by atoms with Gasteiger partial charge in [-0.05, 0) is 68.6 Å². The molecule has 1 saturated carbocycles. The molecule has 3 N–H and O–H groups in total. The highest BCUT2D eigenvalue weighted by Gasteiger charge is 2.48. The van der Waals surface area contributed by atoms with Crippen molar-refractivity contribution in [3.8, 4) is 5.75 Å². The number of hydrogen-bond donors (Lipinski definition) is 2. The molecule has 1 spiro atoms. The summed E-state index contributed by atoms with van der Waals surface area (Å²) < 4.78 is 6.32. The molecular formula is C33H37N5O4. The van der Waals surface area contributed by atoms with E-state index in [0.29, 0.717) is 25.1 Å². The minimum atomic E-state index is -0.627. The summed E-state index contributed by atoms with van der Waals surface area (Å²) in [6.07, 6.45) is 8.50. The van der Waals surface area contributed by atoms with Crippen LogP contribution in [0, 0.1) is 0 Å². The summed E-state index contributed by atoms with van der Waals surface area (Å²) in [5.74, 6) is -0.0334. The molecule has 7 rings (SSSR count). The largest absolute Gasteiger partial charge is 0.492 e. The molecule has 218 valence electrons. The van der Waals surface area contributed by atoms with Crippen LogP contribution in [0.4, 0.5) is 0 Å². The second kappa shape index (κ2) is 10.4. The smallest absolute Gasteiger partial charge is 0.255 e. The topological polar surface area (TPSA) is 117 Å². The van der Waals surface area contributed by atoms with Crippen LogP contribution in [-0.2, 0) is 27.0 Å². The third-order valence-corrected chi connectivity index (χ3v) is 10.1. The fourth-order valence-electron chi connectivity index (χ4n) is 7.25. The van der Waals surface area contributed by atoms with Crippen molar-refractivity contribution in [1.82, 2.24) is 15.1 Å². The van der Waals surface area contributed by atoms with E-state index in [1.165, 1.54) is 24.0 Å². The van der Waals surface area contributed by atoms with Crippen molar-refractivity contribution in [2.75, 3.05) is 32.8 Å². The first kappa shape index (κ1) is 26.9. The quantitative estimate of drug-likeness (QED) is 0.393. The molecule has 4 aliphatic heterocycles. The Labute approximate surface area is 245 Å². The van der Waals surface area contributed by atoms with E-state index >= 15 is 0 Å². The third kappa shape index (κ3) is 4.60. The van der Waals surface area contributed by atoms with E-state index in [2.05, 4.69) is 46.6 Å². The Morgan fingerprint density at radius 3 is 2.57 bits per heavy atom. The van der Waals surface area contributed by atoms with Gasteiger partial charge >= 0.3 is 0 Å². The highest BCUT2D eigenvalue weighted by atomic mass is 16.5. The second-order valence-electron chi connectivity index (χ2n) is 12.6. The van der Waals surface area contributed by atoms with Gasteiger partial charge in [0.05, 0.1) is 13.2 Å². The van der Waals surface area contributed by atoms with Gasteiger partial charge in [-0.3, -0.25) is 29.6 Å². The van der Waals surface area contributed by atoms with E-state index in [9.17, 15) is 14.4 Å². The first-order valence-electron chi connectivity index (χ1n) is 15.0. The summed E-state index contributed by atoms with van der Waals surface area (Å²) in [4.78, 5) is 46.2. The van der Waals surface area contributed by atoms with Gasteiger partial charge < -0.3 is 15.4 Å². The van der Waals surface area contributed by atoms with Crippen LogP contribution in [0.1, 0.15) is 65.6 Å².